The number of aromatic amines is 1. The third-order valence-electron chi connectivity index (χ3n) is 5.22. The lowest BCUT2D eigenvalue weighted by Gasteiger charge is -2.20. The molecule has 0 aliphatic heterocycles. The molecule has 9 nitrogen and oxygen atoms in total. The molecule has 0 aliphatic carbocycles. The van der Waals surface area contributed by atoms with Gasteiger partial charge in [-0.3, -0.25) is 9.69 Å². The number of imidazole rings is 1. The molecule has 9 heteroatoms. The number of carboxylic acids is 1. The molecule has 0 atom stereocenters. The molecule has 0 aliphatic rings. The van der Waals surface area contributed by atoms with Crippen LogP contribution in [0.2, 0.25) is 0 Å². The minimum atomic E-state index is -1.14. The molecule has 0 bridgehead atoms. The average molecular weight is 488 g/mol. The number of carbonyl (C=O) groups excluding carboxylic acids is 1. The van der Waals surface area contributed by atoms with Gasteiger partial charge in [-0.1, -0.05) is 42.5 Å². The van der Waals surface area contributed by atoms with E-state index in [1.165, 1.54) is 7.11 Å². The molecule has 0 spiro atoms. The van der Waals surface area contributed by atoms with Gasteiger partial charge >= 0.3 is 12.1 Å². The Morgan fingerprint density at radius 1 is 0.917 bits per heavy atom. The summed E-state index contributed by atoms with van der Waals surface area (Å²) < 4.78 is 16.2. The molecule has 0 saturated heterocycles. The molecule has 184 valence electrons. The van der Waals surface area contributed by atoms with Gasteiger partial charge in [0, 0.05) is 12.1 Å². The lowest BCUT2D eigenvalue weighted by Crippen LogP contribution is -2.37. The summed E-state index contributed by atoms with van der Waals surface area (Å²) >= 11 is 0. The maximum atomic E-state index is 12.6. The number of ether oxygens (including phenoxy) is 3. The van der Waals surface area contributed by atoms with Crippen molar-refractivity contribution in [2.24, 2.45) is 0 Å². The van der Waals surface area contributed by atoms with E-state index in [1.807, 2.05) is 30.3 Å². The van der Waals surface area contributed by atoms with Crippen LogP contribution in [0.4, 0.5) is 4.79 Å². The van der Waals surface area contributed by atoms with Gasteiger partial charge in [0.15, 0.2) is 0 Å². The number of amides is 1. The van der Waals surface area contributed by atoms with Crippen molar-refractivity contribution in [3.8, 4) is 28.6 Å². The monoisotopic (exact) mass is 487 g/mol. The molecule has 1 aromatic heterocycles. The van der Waals surface area contributed by atoms with Crippen molar-refractivity contribution in [2.45, 2.75) is 13.2 Å². The fraction of sp³-hybridized carbons (Fsp3) is 0.148. The van der Waals surface area contributed by atoms with Gasteiger partial charge in [0.2, 0.25) is 0 Å². The van der Waals surface area contributed by atoms with Crippen molar-refractivity contribution in [2.75, 3.05) is 13.7 Å². The number of nitrogens with zero attached hydrogens (tertiary/aromatic N) is 2. The highest BCUT2D eigenvalue weighted by Gasteiger charge is 2.19. The second-order valence-corrected chi connectivity index (χ2v) is 7.85. The van der Waals surface area contributed by atoms with E-state index in [9.17, 15) is 14.7 Å². The molecular formula is C27H25N3O6. The SMILES string of the molecule is COc1ccc(OC(=O)N(CC(=O)O)Cc2ccc(OCc3cnc(-c4ccccc4)[nH]3)cc2)cc1. The van der Waals surface area contributed by atoms with E-state index in [-0.39, 0.29) is 12.3 Å². The summed E-state index contributed by atoms with van der Waals surface area (Å²) in [6.45, 7) is -0.141. The normalized spacial score (nSPS) is 10.5. The van der Waals surface area contributed by atoms with E-state index >= 15 is 0 Å². The maximum Gasteiger partial charge on any atom is 0.416 e. The highest BCUT2D eigenvalue weighted by Crippen LogP contribution is 2.20. The van der Waals surface area contributed by atoms with Crippen molar-refractivity contribution < 1.29 is 28.9 Å². The van der Waals surface area contributed by atoms with Crippen LogP contribution in [0.1, 0.15) is 11.3 Å². The maximum absolute atomic E-state index is 12.6. The van der Waals surface area contributed by atoms with Crippen LogP contribution >= 0.6 is 0 Å². The fourth-order valence-electron chi connectivity index (χ4n) is 3.41. The number of H-pyrrole nitrogens is 1. The summed E-state index contributed by atoms with van der Waals surface area (Å²) in [4.78, 5) is 32.7. The van der Waals surface area contributed by atoms with Crippen LogP contribution in [0, 0.1) is 0 Å². The summed E-state index contributed by atoms with van der Waals surface area (Å²) in [5.41, 5.74) is 2.54. The van der Waals surface area contributed by atoms with E-state index in [4.69, 9.17) is 14.2 Å². The number of carboxylic acid groups (broad SMARTS) is 1. The van der Waals surface area contributed by atoms with Crippen LogP contribution in [-0.2, 0) is 17.9 Å². The Hall–Kier alpha value is -4.79. The van der Waals surface area contributed by atoms with Crippen molar-refractivity contribution in [3.63, 3.8) is 0 Å². The predicted octanol–water partition coefficient (Wildman–Crippen LogP) is 4.75. The first-order chi connectivity index (χ1) is 17.5. The molecule has 1 amide bonds. The number of aromatic nitrogens is 2. The fourth-order valence-corrected chi connectivity index (χ4v) is 3.41. The van der Waals surface area contributed by atoms with Gasteiger partial charge in [-0.2, -0.15) is 0 Å². The average Bonchev–Trinajstić information content (AvgIpc) is 3.38. The van der Waals surface area contributed by atoms with Crippen molar-refractivity contribution in [1.82, 2.24) is 14.9 Å². The summed E-state index contributed by atoms with van der Waals surface area (Å²) in [6.07, 6.45) is 0.964. The van der Waals surface area contributed by atoms with Crippen LogP contribution in [-0.4, -0.2) is 45.7 Å². The molecule has 0 saturated carbocycles. The molecule has 0 fully saturated rings. The molecule has 3 aromatic carbocycles. The van der Waals surface area contributed by atoms with Crippen molar-refractivity contribution >= 4 is 12.1 Å². The number of rotatable bonds is 10. The molecule has 1 heterocycles. The Morgan fingerprint density at radius 3 is 2.25 bits per heavy atom. The minimum Gasteiger partial charge on any atom is -0.497 e. The summed E-state index contributed by atoms with van der Waals surface area (Å²) in [6, 6.07) is 23.3. The van der Waals surface area contributed by atoms with Gasteiger partial charge in [0.1, 0.15) is 36.2 Å². The number of benzene rings is 3. The Morgan fingerprint density at radius 2 is 1.58 bits per heavy atom. The Balaban J connectivity index is 1.34. The van der Waals surface area contributed by atoms with E-state index < -0.39 is 18.6 Å². The molecule has 0 radical (unpaired) electrons. The summed E-state index contributed by atoms with van der Waals surface area (Å²) in [5, 5.41) is 9.25. The topological polar surface area (TPSA) is 114 Å². The number of methoxy groups -OCH3 is 1. The second kappa shape index (κ2) is 11.6. The first-order valence-corrected chi connectivity index (χ1v) is 11.1. The number of hydrogen-bond donors (Lipinski definition) is 2. The molecule has 4 aromatic rings. The van der Waals surface area contributed by atoms with Crippen LogP contribution in [0.3, 0.4) is 0 Å². The van der Waals surface area contributed by atoms with Crippen molar-refractivity contribution in [1.29, 1.82) is 0 Å². The van der Waals surface area contributed by atoms with Crippen LogP contribution in [0.25, 0.3) is 11.4 Å². The number of nitrogens with one attached hydrogen (secondary N) is 1. The highest BCUT2D eigenvalue weighted by molar-refractivity contribution is 5.78. The standard InChI is InChI=1S/C27H25N3O6/c1-34-22-11-13-24(14-12-22)36-27(33)30(17-25(31)32)16-19-7-9-23(10-8-19)35-18-21-15-28-26(29-21)20-5-3-2-4-6-20/h2-15H,16-18H2,1H3,(H,28,29)(H,31,32). The van der Waals surface area contributed by atoms with E-state index in [2.05, 4.69) is 9.97 Å². The predicted molar refractivity (Wildman–Crippen MR) is 132 cm³/mol. The second-order valence-electron chi connectivity index (χ2n) is 7.85. The Kier molecular flexibility index (Phi) is 7.82. The zero-order valence-electron chi connectivity index (χ0n) is 19.6. The van der Waals surface area contributed by atoms with E-state index in [0.29, 0.717) is 18.1 Å². The highest BCUT2D eigenvalue weighted by atomic mass is 16.6. The Bertz CT molecular complexity index is 1290. The molecule has 4 rings (SSSR count). The number of carbonyl (C=O) groups is 2. The molecule has 0 unspecified atom stereocenters. The van der Waals surface area contributed by atoms with Gasteiger partial charge < -0.3 is 24.3 Å². The van der Waals surface area contributed by atoms with Crippen LogP contribution in [0.15, 0.2) is 85.1 Å². The lowest BCUT2D eigenvalue weighted by molar-refractivity contribution is -0.138. The molecular weight excluding hydrogens is 462 g/mol. The third kappa shape index (κ3) is 6.63. The zero-order valence-corrected chi connectivity index (χ0v) is 19.6. The van der Waals surface area contributed by atoms with Crippen LogP contribution in [0.5, 0.6) is 17.2 Å². The van der Waals surface area contributed by atoms with Gasteiger partial charge in [-0.15, -0.1) is 0 Å². The van der Waals surface area contributed by atoms with Gasteiger partial charge in [0.25, 0.3) is 0 Å². The summed E-state index contributed by atoms with van der Waals surface area (Å²) in [7, 11) is 1.53. The van der Waals surface area contributed by atoms with E-state index in [1.54, 1.807) is 54.7 Å². The Labute approximate surface area is 207 Å². The smallest absolute Gasteiger partial charge is 0.416 e. The van der Waals surface area contributed by atoms with Crippen LogP contribution < -0.4 is 14.2 Å². The first kappa shape index (κ1) is 24.3. The largest absolute Gasteiger partial charge is 0.497 e. The summed E-state index contributed by atoms with van der Waals surface area (Å²) in [5.74, 6) is 1.15. The first-order valence-electron chi connectivity index (χ1n) is 11.1. The molecule has 2 N–H and O–H groups in total. The van der Waals surface area contributed by atoms with E-state index in [0.717, 1.165) is 27.5 Å². The van der Waals surface area contributed by atoms with Crippen molar-refractivity contribution in [3.05, 3.63) is 96.3 Å². The van der Waals surface area contributed by atoms with Gasteiger partial charge in [-0.25, -0.2) is 9.78 Å². The number of hydrogen-bond acceptors (Lipinski definition) is 6. The number of aliphatic carboxylic acids is 1. The lowest BCUT2D eigenvalue weighted by atomic mass is 10.2. The third-order valence-corrected chi connectivity index (χ3v) is 5.22. The zero-order chi connectivity index (χ0) is 25.3. The molecule has 36 heavy (non-hydrogen) atoms. The van der Waals surface area contributed by atoms with Gasteiger partial charge in [0.05, 0.1) is 19.0 Å². The van der Waals surface area contributed by atoms with Gasteiger partial charge in [-0.05, 0) is 42.0 Å². The quantitative estimate of drug-likeness (QED) is 0.332. The minimum absolute atomic E-state index is 0.0581.